The predicted molar refractivity (Wildman–Crippen MR) is 76.1 cm³/mol. The highest BCUT2D eigenvalue weighted by molar-refractivity contribution is 6.23. The number of aryl methyl sites for hydroxylation is 2. The smallest absolute Gasteiger partial charge is 0.238 e. The number of anilines is 1. The molecule has 0 aromatic heterocycles. The van der Waals surface area contributed by atoms with Crippen molar-refractivity contribution in [1.82, 2.24) is 0 Å². The van der Waals surface area contributed by atoms with Crippen LogP contribution < -0.4 is 4.90 Å². The van der Waals surface area contributed by atoms with Gasteiger partial charge in [-0.05, 0) is 49.3 Å². The fraction of sp³-hybridized carbons (Fsp3) is 0.412. The quantitative estimate of drug-likeness (QED) is 0.579. The van der Waals surface area contributed by atoms with Crippen LogP contribution in [0, 0.1) is 37.5 Å². The van der Waals surface area contributed by atoms with E-state index in [-0.39, 0.29) is 35.5 Å². The molecule has 1 aromatic carbocycles. The maximum absolute atomic E-state index is 12.7. The standard InChI is InChI=1S/C17H17NO2/c1-9-3-4-10(2)13(7-9)18-16(19)14-11-5-6-12(8-11)15(14)17(18)20/h3-7,11-12,14-15H,8H2,1-2H3/t11-,12+,14+,15-. The Labute approximate surface area is 118 Å². The Hall–Kier alpha value is -1.90. The lowest BCUT2D eigenvalue weighted by Gasteiger charge is -2.19. The van der Waals surface area contributed by atoms with Gasteiger partial charge in [-0.15, -0.1) is 0 Å². The summed E-state index contributed by atoms with van der Waals surface area (Å²) in [5.41, 5.74) is 2.83. The second-order valence-corrected chi connectivity index (χ2v) is 6.30. The van der Waals surface area contributed by atoms with E-state index in [1.807, 2.05) is 32.0 Å². The molecular weight excluding hydrogens is 250 g/mol. The molecule has 2 amide bonds. The summed E-state index contributed by atoms with van der Waals surface area (Å²) in [4.78, 5) is 26.9. The summed E-state index contributed by atoms with van der Waals surface area (Å²) in [7, 11) is 0. The van der Waals surface area contributed by atoms with Gasteiger partial charge in [0.25, 0.3) is 0 Å². The fourth-order valence-electron chi connectivity index (χ4n) is 4.10. The molecule has 0 spiro atoms. The van der Waals surface area contributed by atoms with Crippen molar-refractivity contribution in [2.24, 2.45) is 23.7 Å². The minimum absolute atomic E-state index is 0.00514. The number of hydrogen-bond acceptors (Lipinski definition) is 2. The molecule has 0 N–H and O–H groups in total. The summed E-state index contributed by atoms with van der Waals surface area (Å²) in [5, 5.41) is 0. The second kappa shape index (κ2) is 3.81. The summed E-state index contributed by atoms with van der Waals surface area (Å²) >= 11 is 0. The lowest BCUT2D eigenvalue weighted by Crippen LogP contribution is -2.33. The van der Waals surface area contributed by atoms with E-state index in [9.17, 15) is 9.59 Å². The van der Waals surface area contributed by atoms with Crippen molar-refractivity contribution in [3.05, 3.63) is 41.5 Å². The van der Waals surface area contributed by atoms with Gasteiger partial charge in [-0.2, -0.15) is 0 Å². The number of amides is 2. The summed E-state index contributed by atoms with van der Waals surface area (Å²) < 4.78 is 0. The van der Waals surface area contributed by atoms with Crippen LogP contribution in [0.4, 0.5) is 5.69 Å². The molecule has 1 heterocycles. The molecule has 4 atom stereocenters. The Balaban J connectivity index is 1.80. The zero-order valence-electron chi connectivity index (χ0n) is 11.7. The van der Waals surface area contributed by atoms with Crippen molar-refractivity contribution >= 4 is 17.5 Å². The third-order valence-corrected chi connectivity index (χ3v) is 5.08. The first-order chi connectivity index (χ1) is 9.58. The normalized spacial score (nSPS) is 34.2. The van der Waals surface area contributed by atoms with E-state index in [4.69, 9.17) is 0 Å². The van der Waals surface area contributed by atoms with Gasteiger partial charge in [0.05, 0.1) is 17.5 Å². The Bertz CT molecular complexity index is 631. The van der Waals surface area contributed by atoms with E-state index >= 15 is 0 Å². The molecule has 1 aliphatic heterocycles. The van der Waals surface area contributed by atoms with Gasteiger partial charge in [0, 0.05) is 0 Å². The highest BCUT2D eigenvalue weighted by atomic mass is 16.2. The third kappa shape index (κ3) is 1.35. The Morgan fingerprint density at radius 3 is 2.20 bits per heavy atom. The van der Waals surface area contributed by atoms with Crippen LogP contribution in [0.1, 0.15) is 17.5 Å². The van der Waals surface area contributed by atoms with Crippen molar-refractivity contribution in [3.63, 3.8) is 0 Å². The van der Waals surface area contributed by atoms with E-state index < -0.39 is 0 Å². The topological polar surface area (TPSA) is 37.4 Å². The number of nitrogens with zero attached hydrogens (tertiary/aromatic N) is 1. The van der Waals surface area contributed by atoms with Crippen LogP contribution in [-0.4, -0.2) is 11.8 Å². The number of fused-ring (bicyclic) bond motifs is 5. The predicted octanol–water partition coefficient (Wildman–Crippen LogP) is 2.61. The van der Waals surface area contributed by atoms with Crippen LogP contribution in [0.15, 0.2) is 30.4 Å². The molecule has 102 valence electrons. The van der Waals surface area contributed by atoms with Crippen LogP contribution in [0.3, 0.4) is 0 Å². The first-order valence-electron chi connectivity index (χ1n) is 7.21. The molecule has 4 rings (SSSR count). The Kier molecular flexibility index (Phi) is 2.27. The van der Waals surface area contributed by atoms with Gasteiger partial charge in [-0.25, -0.2) is 4.90 Å². The van der Waals surface area contributed by atoms with Crippen LogP contribution in [-0.2, 0) is 9.59 Å². The zero-order chi connectivity index (χ0) is 14.0. The molecule has 0 radical (unpaired) electrons. The molecule has 0 unspecified atom stereocenters. The van der Waals surface area contributed by atoms with Crippen LogP contribution in [0.5, 0.6) is 0 Å². The van der Waals surface area contributed by atoms with E-state index in [1.165, 1.54) is 4.90 Å². The molecule has 2 fully saturated rings. The second-order valence-electron chi connectivity index (χ2n) is 6.30. The summed E-state index contributed by atoms with van der Waals surface area (Å²) in [6.07, 6.45) is 5.24. The van der Waals surface area contributed by atoms with Gasteiger partial charge in [-0.3, -0.25) is 9.59 Å². The van der Waals surface area contributed by atoms with Crippen molar-refractivity contribution < 1.29 is 9.59 Å². The van der Waals surface area contributed by atoms with Gasteiger partial charge < -0.3 is 0 Å². The number of imide groups is 1. The fourth-order valence-corrected chi connectivity index (χ4v) is 4.10. The Morgan fingerprint density at radius 2 is 1.60 bits per heavy atom. The minimum Gasteiger partial charge on any atom is -0.274 e. The first kappa shape index (κ1) is 11.9. The van der Waals surface area contributed by atoms with Crippen molar-refractivity contribution in [1.29, 1.82) is 0 Å². The minimum atomic E-state index is -0.114. The summed E-state index contributed by atoms with van der Waals surface area (Å²) in [5.74, 6) is 0.332. The molecule has 1 saturated carbocycles. The summed E-state index contributed by atoms with van der Waals surface area (Å²) in [6, 6.07) is 5.93. The lowest BCUT2D eigenvalue weighted by molar-refractivity contribution is -0.123. The Morgan fingerprint density at radius 1 is 1.00 bits per heavy atom. The van der Waals surface area contributed by atoms with E-state index in [0.717, 1.165) is 23.2 Å². The van der Waals surface area contributed by atoms with Gasteiger partial charge in [0.2, 0.25) is 11.8 Å². The molecule has 20 heavy (non-hydrogen) atoms. The van der Waals surface area contributed by atoms with Crippen LogP contribution in [0.2, 0.25) is 0 Å². The molecule has 1 saturated heterocycles. The average molecular weight is 267 g/mol. The average Bonchev–Trinajstić information content (AvgIpc) is 3.08. The zero-order valence-corrected chi connectivity index (χ0v) is 11.7. The number of benzene rings is 1. The van der Waals surface area contributed by atoms with Crippen molar-refractivity contribution in [3.8, 4) is 0 Å². The number of carbonyl (C=O) groups is 2. The first-order valence-corrected chi connectivity index (χ1v) is 7.21. The molecule has 2 aliphatic carbocycles. The number of allylic oxidation sites excluding steroid dienone is 2. The summed E-state index contributed by atoms with van der Waals surface area (Å²) in [6.45, 7) is 3.94. The van der Waals surface area contributed by atoms with Crippen molar-refractivity contribution in [2.75, 3.05) is 4.90 Å². The molecule has 3 heteroatoms. The van der Waals surface area contributed by atoms with E-state index in [2.05, 4.69) is 12.2 Å². The van der Waals surface area contributed by atoms with Gasteiger partial charge >= 0.3 is 0 Å². The lowest BCUT2D eigenvalue weighted by atomic mass is 9.85. The molecule has 2 bridgehead atoms. The monoisotopic (exact) mass is 267 g/mol. The maximum atomic E-state index is 12.7. The number of rotatable bonds is 1. The van der Waals surface area contributed by atoms with Crippen molar-refractivity contribution in [2.45, 2.75) is 20.3 Å². The van der Waals surface area contributed by atoms with E-state index in [0.29, 0.717) is 0 Å². The maximum Gasteiger partial charge on any atom is 0.238 e. The number of carbonyl (C=O) groups excluding carboxylic acids is 2. The van der Waals surface area contributed by atoms with Crippen LogP contribution >= 0.6 is 0 Å². The molecular formula is C17H17NO2. The number of hydrogen-bond donors (Lipinski definition) is 0. The van der Waals surface area contributed by atoms with Gasteiger partial charge in [0.1, 0.15) is 0 Å². The van der Waals surface area contributed by atoms with E-state index in [1.54, 1.807) is 0 Å². The molecule has 1 aromatic rings. The molecule has 3 aliphatic rings. The van der Waals surface area contributed by atoms with Gasteiger partial charge in [0.15, 0.2) is 0 Å². The SMILES string of the molecule is Cc1ccc(C)c(N2C(=O)[C@@H]3[C@H](C2=O)[C@H]2C=C[C@@H]3C2)c1. The molecule has 3 nitrogen and oxygen atoms in total. The van der Waals surface area contributed by atoms with Crippen LogP contribution in [0.25, 0.3) is 0 Å². The third-order valence-electron chi connectivity index (χ3n) is 5.08. The highest BCUT2D eigenvalue weighted by Crippen LogP contribution is 2.53. The van der Waals surface area contributed by atoms with Gasteiger partial charge in [-0.1, -0.05) is 24.3 Å². The largest absolute Gasteiger partial charge is 0.274 e. The highest BCUT2D eigenvalue weighted by Gasteiger charge is 2.59.